The second-order valence-electron chi connectivity index (χ2n) is 0.0680. The van der Waals surface area contributed by atoms with Crippen molar-refractivity contribution in [1.82, 2.24) is 0 Å². The molecule has 0 atom stereocenters. The van der Waals surface area contributed by atoms with Gasteiger partial charge in [0.2, 0.25) is 0 Å². The Balaban J connectivity index is -0.0000000200. The molecule has 5 heteroatoms. The number of hydrogen-bond donors (Lipinski definition) is 0. The third-order valence-corrected chi connectivity index (χ3v) is 0. The van der Waals surface area contributed by atoms with Gasteiger partial charge in [0.1, 0.15) is 0 Å². The molecule has 0 rings (SSSR count). The fourth-order valence-corrected chi connectivity index (χ4v) is 0. The van der Waals surface area contributed by atoms with Crippen molar-refractivity contribution in [2.45, 2.75) is 0 Å². The van der Waals surface area contributed by atoms with Crippen molar-refractivity contribution in [3.63, 3.8) is 0 Å². The topological polar surface area (TPSA) is 55.3 Å². The molecule has 0 aliphatic heterocycles. The fourth-order valence-electron chi connectivity index (χ4n) is 0. The van der Waals surface area contributed by atoms with Gasteiger partial charge < -0.3 is 15.6 Å². The van der Waals surface area contributed by atoms with Crippen LogP contribution in [0.2, 0.25) is 0 Å². The van der Waals surface area contributed by atoms with Crippen LogP contribution in [0.4, 0.5) is 0 Å². The quantitative estimate of drug-likeness (QED) is 0.272. The van der Waals surface area contributed by atoms with E-state index in [0.29, 0.717) is 0 Å². The summed E-state index contributed by atoms with van der Waals surface area (Å²) in [4.78, 5) is 0. The summed E-state index contributed by atoms with van der Waals surface area (Å²) >= 11 is 0. The van der Waals surface area contributed by atoms with Crippen molar-refractivity contribution < 1.29 is 57.3 Å². The molecule has 0 saturated carbocycles. The molecule has 3 nitrogen and oxygen atoms in total. The maximum Gasteiger partial charge on any atom is 3.00 e. The zero-order valence-corrected chi connectivity index (χ0v) is 9.05. The molecule has 0 aromatic rings. The van der Waals surface area contributed by atoms with Crippen LogP contribution in [0.15, 0.2) is 0 Å². The maximum absolute atomic E-state index is 7.88. The molecule has 0 aliphatic carbocycles. The van der Waals surface area contributed by atoms with Crippen molar-refractivity contribution in [2.24, 2.45) is 0 Å². The molecule has 0 amide bonds. The summed E-state index contributed by atoms with van der Waals surface area (Å²) in [5, 5.41) is 17.5. The van der Waals surface area contributed by atoms with Crippen molar-refractivity contribution in [3.8, 4) is 0 Å². The van der Waals surface area contributed by atoms with Crippen LogP contribution in [0.1, 0.15) is 0 Å². The molecule has 0 unspecified atom stereocenters. The monoisotopic (exact) mass is 276 g/mol. The standard InChI is InChI=1S/Ce.H2O3.Sr/c;1-3-2;/h;1-2H;/q+3;;+2/p-2. The van der Waals surface area contributed by atoms with Crippen LogP contribution < -0.4 is 10.5 Å². The molecule has 21 valence electrons. The predicted octanol–water partition coefficient (Wildman–Crippen LogP) is -2.83. The first-order valence-electron chi connectivity index (χ1n) is 0.333. The number of rotatable bonds is 0. The Kier molecular flexibility index (Phi) is 49.7. The Morgan fingerprint density at radius 3 is 1.20 bits per heavy atom. The van der Waals surface area contributed by atoms with Crippen LogP contribution in [-0.4, -0.2) is 45.5 Å². The van der Waals surface area contributed by atoms with Crippen molar-refractivity contribution in [2.75, 3.05) is 0 Å². The van der Waals surface area contributed by atoms with E-state index in [1.807, 2.05) is 0 Å². The van der Waals surface area contributed by atoms with Crippen molar-refractivity contribution >= 4 is 45.5 Å². The van der Waals surface area contributed by atoms with Gasteiger partial charge in [-0.15, -0.1) is 0 Å². The maximum atomic E-state index is 7.88. The molecule has 1 radical (unpaired) electrons. The molecule has 0 N–H and O–H groups in total. The van der Waals surface area contributed by atoms with Crippen molar-refractivity contribution in [1.29, 1.82) is 0 Å². The average Bonchev–Trinajstić information content (AvgIpc) is 0.918. The second kappa shape index (κ2) is 15.9. The summed E-state index contributed by atoms with van der Waals surface area (Å²) in [6.07, 6.45) is 0. The number of hydrogen-bond acceptors (Lipinski definition) is 3. The molecular weight excluding hydrogens is 276 g/mol. The summed E-state index contributed by atoms with van der Waals surface area (Å²) < 4.78 is 0. The third kappa shape index (κ3) is 20.2. The average molecular weight is 276 g/mol. The molecule has 0 aromatic heterocycles. The summed E-state index contributed by atoms with van der Waals surface area (Å²) in [5.74, 6) is 0. The minimum atomic E-state index is 0. The Hall–Kier alpha value is 2.74. The Bertz CT molecular complexity index is 6.85. The molecule has 0 spiro atoms. The zero-order chi connectivity index (χ0) is 2.71. The molecule has 0 aliphatic rings. The van der Waals surface area contributed by atoms with Crippen LogP contribution in [-0.2, 0) is 5.04 Å². The van der Waals surface area contributed by atoms with Gasteiger partial charge in [-0.05, 0) is 0 Å². The molecule has 0 heterocycles. The summed E-state index contributed by atoms with van der Waals surface area (Å²) in [7, 11) is 0. The smallest absolute Gasteiger partial charge is 0.734 e. The van der Waals surface area contributed by atoms with Crippen LogP contribution >= 0.6 is 0 Å². The molecule has 0 fully saturated rings. The van der Waals surface area contributed by atoms with Crippen LogP contribution in [0.25, 0.3) is 0 Å². The van der Waals surface area contributed by atoms with E-state index in [2.05, 4.69) is 0 Å². The van der Waals surface area contributed by atoms with Gasteiger partial charge in [0.05, 0.1) is 0 Å². The first-order valence-corrected chi connectivity index (χ1v) is 0.333. The summed E-state index contributed by atoms with van der Waals surface area (Å²) in [6, 6.07) is 0. The first kappa shape index (κ1) is 15.6. The van der Waals surface area contributed by atoms with E-state index < -0.39 is 0 Å². The van der Waals surface area contributed by atoms with E-state index in [9.17, 15) is 0 Å². The van der Waals surface area contributed by atoms with Gasteiger partial charge in [-0.25, -0.2) is 0 Å². The van der Waals surface area contributed by atoms with Gasteiger partial charge >= 0.3 is 87.2 Å². The van der Waals surface area contributed by atoms with Gasteiger partial charge in [0.15, 0.2) is 0 Å². The molecule has 0 saturated heterocycles. The van der Waals surface area contributed by atoms with Gasteiger partial charge in [-0.3, -0.25) is 0 Å². The molecule has 0 aromatic carbocycles. The minimum absolute atomic E-state index is 0. The zero-order valence-electron chi connectivity index (χ0n) is 2.43. The largest absolute Gasteiger partial charge is 3.00 e. The van der Waals surface area contributed by atoms with Gasteiger partial charge in [-0.2, -0.15) is 0 Å². The Morgan fingerprint density at radius 1 is 1.20 bits per heavy atom. The second-order valence-corrected chi connectivity index (χ2v) is 0.0680. The minimum Gasteiger partial charge on any atom is -0.734 e. The molecule has 0 bridgehead atoms. The van der Waals surface area contributed by atoms with E-state index >= 15 is 0 Å². The predicted molar refractivity (Wildman–Crippen MR) is 6.84 cm³/mol. The van der Waals surface area contributed by atoms with E-state index in [1.165, 1.54) is 0 Å². The van der Waals surface area contributed by atoms with Crippen LogP contribution in [0, 0.1) is 41.7 Å². The molecule has 5 heavy (non-hydrogen) atoms. The normalized spacial score (nSPS) is 3.60. The van der Waals surface area contributed by atoms with E-state index in [0.717, 1.165) is 0 Å². The van der Waals surface area contributed by atoms with E-state index in [4.69, 9.17) is 10.5 Å². The van der Waals surface area contributed by atoms with Crippen LogP contribution in [0.3, 0.4) is 0 Å². The first-order chi connectivity index (χ1) is 1.41. The third-order valence-electron chi connectivity index (χ3n) is 0. The van der Waals surface area contributed by atoms with Crippen LogP contribution in [0.5, 0.6) is 0 Å². The van der Waals surface area contributed by atoms with Gasteiger partial charge in [-0.1, -0.05) is 0 Å². The van der Waals surface area contributed by atoms with E-state index in [-0.39, 0.29) is 87.2 Å². The van der Waals surface area contributed by atoms with Gasteiger partial charge in [0.25, 0.3) is 0 Å². The van der Waals surface area contributed by atoms with Crippen molar-refractivity contribution in [3.05, 3.63) is 0 Å². The Morgan fingerprint density at radius 2 is 1.20 bits per heavy atom. The van der Waals surface area contributed by atoms with E-state index in [1.54, 1.807) is 5.04 Å². The summed E-state index contributed by atoms with van der Waals surface area (Å²) in [5.41, 5.74) is 0. The molecular formula is CeO3Sr+3. The summed E-state index contributed by atoms with van der Waals surface area (Å²) in [6.45, 7) is 0. The fraction of sp³-hybridized carbons (Fsp3) is 0. The van der Waals surface area contributed by atoms with Gasteiger partial charge in [0, 0.05) is 0 Å². The Labute approximate surface area is 100 Å². The SMILES string of the molecule is [Ce+3].[O-]O[O-].[Sr+2].